The van der Waals surface area contributed by atoms with Crippen LogP contribution in [0.15, 0.2) is 54.6 Å². The molecule has 0 radical (unpaired) electrons. The standard InChI is InChI=1S/C17H16FNO2/c18-15-9-5-4-8-13(15)16-14(17(20)21)10-11-19(16)12-6-2-1-3-7-12/h1-9,14,16H,10-11H2,(H,20,21). The number of hydrogen-bond donors (Lipinski definition) is 1. The maximum atomic E-state index is 14.1. The van der Waals surface area contributed by atoms with Crippen LogP contribution in [0.25, 0.3) is 0 Å². The van der Waals surface area contributed by atoms with Crippen molar-refractivity contribution in [2.24, 2.45) is 5.92 Å². The molecule has 1 saturated heterocycles. The van der Waals surface area contributed by atoms with Crippen molar-refractivity contribution in [2.45, 2.75) is 12.5 Å². The fourth-order valence-corrected chi connectivity index (χ4v) is 3.06. The summed E-state index contributed by atoms with van der Waals surface area (Å²) < 4.78 is 14.1. The normalized spacial score (nSPS) is 21.5. The minimum atomic E-state index is -0.873. The van der Waals surface area contributed by atoms with Crippen molar-refractivity contribution < 1.29 is 14.3 Å². The van der Waals surface area contributed by atoms with E-state index in [0.29, 0.717) is 18.5 Å². The van der Waals surface area contributed by atoms with Gasteiger partial charge in [-0.25, -0.2) is 4.39 Å². The molecule has 0 saturated carbocycles. The van der Waals surface area contributed by atoms with Gasteiger partial charge in [-0.15, -0.1) is 0 Å². The number of hydrogen-bond acceptors (Lipinski definition) is 2. The summed E-state index contributed by atoms with van der Waals surface area (Å²) >= 11 is 0. The van der Waals surface area contributed by atoms with E-state index in [1.54, 1.807) is 18.2 Å². The molecule has 2 aromatic carbocycles. The Morgan fingerprint density at radius 3 is 2.43 bits per heavy atom. The lowest BCUT2D eigenvalue weighted by molar-refractivity contribution is -0.141. The lowest BCUT2D eigenvalue weighted by atomic mass is 9.93. The lowest BCUT2D eigenvalue weighted by Crippen LogP contribution is -2.28. The lowest BCUT2D eigenvalue weighted by Gasteiger charge is -2.29. The minimum Gasteiger partial charge on any atom is -0.481 e. The topological polar surface area (TPSA) is 40.5 Å². The summed E-state index contributed by atoms with van der Waals surface area (Å²) in [6.45, 7) is 0.611. The van der Waals surface area contributed by atoms with E-state index in [1.165, 1.54) is 6.07 Å². The first kappa shape index (κ1) is 13.6. The molecule has 1 aliphatic rings. The first-order chi connectivity index (χ1) is 10.2. The Morgan fingerprint density at radius 2 is 1.76 bits per heavy atom. The molecule has 0 aromatic heterocycles. The van der Waals surface area contributed by atoms with Crippen LogP contribution in [0.4, 0.5) is 10.1 Å². The summed E-state index contributed by atoms with van der Waals surface area (Å²) in [6.07, 6.45) is 0.517. The van der Waals surface area contributed by atoms with Crippen LogP contribution in [0.2, 0.25) is 0 Å². The number of carbonyl (C=O) groups is 1. The summed E-state index contributed by atoms with van der Waals surface area (Å²) in [5.41, 5.74) is 1.38. The highest BCUT2D eigenvalue weighted by Gasteiger charge is 2.40. The van der Waals surface area contributed by atoms with Crippen molar-refractivity contribution in [3.63, 3.8) is 0 Å². The summed E-state index contributed by atoms with van der Waals surface area (Å²) in [7, 11) is 0. The summed E-state index contributed by atoms with van der Waals surface area (Å²) in [4.78, 5) is 13.5. The van der Waals surface area contributed by atoms with Gasteiger partial charge in [-0.1, -0.05) is 36.4 Å². The Bertz CT molecular complexity index is 644. The van der Waals surface area contributed by atoms with Crippen molar-refractivity contribution in [3.05, 3.63) is 66.0 Å². The highest BCUT2D eigenvalue weighted by Crippen LogP contribution is 2.41. The van der Waals surface area contributed by atoms with Gasteiger partial charge in [-0.05, 0) is 24.6 Å². The Balaban J connectivity index is 2.05. The van der Waals surface area contributed by atoms with Crippen LogP contribution in [-0.4, -0.2) is 17.6 Å². The molecule has 1 N–H and O–H groups in total. The number of carboxylic acid groups (broad SMARTS) is 1. The van der Waals surface area contributed by atoms with Gasteiger partial charge in [0.2, 0.25) is 0 Å². The molecular weight excluding hydrogens is 269 g/mol. The van der Waals surface area contributed by atoms with Crippen LogP contribution < -0.4 is 4.90 Å². The second kappa shape index (κ2) is 5.56. The van der Waals surface area contributed by atoms with Crippen LogP contribution in [0.1, 0.15) is 18.0 Å². The monoisotopic (exact) mass is 285 g/mol. The number of anilines is 1. The molecule has 108 valence electrons. The van der Waals surface area contributed by atoms with Crippen molar-refractivity contribution in [2.75, 3.05) is 11.4 Å². The van der Waals surface area contributed by atoms with Gasteiger partial charge in [-0.2, -0.15) is 0 Å². The quantitative estimate of drug-likeness (QED) is 0.938. The molecular formula is C17H16FNO2. The Morgan fingerprint density at radius 1 is 1.10 bits per heavy atom. The summed E-state index contributed by atoms with van der Waals surface area (Å²) in [6, 6.07) is 15.5. The fraction of sp³-hybridized carbons (Fsp3) is 0.235. The van der Waals surface area contributed by atoms with E-state index in [2.05, 4.69) is 0 Å². The zero-order valence-electron chi connectivity index (χ0n) is 11.4. The minimum absolute atomic E-state index is 0.350. The van der Waals surface area contributed by atoms with Gasteiger partial charge in [0.15, 0.2) is 0 Å². The van der Waals surface area contributed by atoms with E-state index in [-0.39, 0.29) is 5.82 Å². The molecule has 1 aliphatic heterocycles. The van der Waals surface area contributed by atoms with E-state index in [9.17, 15) is 14.3 Å². The van der Waals surface area contributed by atoms with Crippen LogP contribution in [0.3, 0.4) is 0 Å². The van der Waals surface area contributed by atoms with Gasteiger partial charge in [0.1, 0.15) is 5.82 Å². The highest BCUT2D eigenvalue weighted by molar-refractivity contribution is 5.74. The van der Waals surface area contributed by atoms with Crippen LogP contribution in [0, 0.1) is 11.7 Å². The molecule has 21 heavy (non-hydrogen) atoms. The van der Waals surface area contributed by atoms with Gasteiger partial charge in [0.05, 0.1) is 12.0 Å². The van der Waals surface area contributed by atoms with Gasteiger partial charge in [0.25, 0.3) is 0 Å². The van der Waals surface area contributed by atoms with Crippen LogP contribution in [0.5, 0.6) is 0 Å². The second-order valence-electron chi connectivity index (χ2n) is 5.23. The zero-order valence-corrected chi connectivity index (χ0v) is 11.4. The molecule has 3 nitrogen and oxygen atoms in total. The average Bonchev–Trinajstić information content (AvgIpc) is 2.93. The largest absolute Gasteiger partial charge is 0.481 e. The first-order valence-electron chi connectivity index (χ1n) is 6.97. The van der Waals surface area contributed by atoms with Gasteiger partial charge in [-0.3, -0.25) is 4.79 Å². The number of nitrogens with zero attached hydrogens (tertiary/aromatic N) is 1. The van der Waals surface area contributed by atoms with Gasteiger partial charge in [0, 0.05) is 17.8 Å². The molecule has 4 heteroatoms. The molecule has 1 heterocycles. The maximum Gasteiger partial charge on any atom is 0.309 e. The molecule has 2 aromatic rings. The molecule has 0 aliphatic carbocycles. The van der Waals surface area contributed by atoms with Crippen molar-refractivity contribution >= 4 is 11.7 Å². The predicted octanol–water partition coefficient (Wildman–Crippen LogP) is 3.48. The Hall–Kier alpha value is -2.36. The third-order valence-electron chi connectivity index (χ3n) is 4.03. The molecule has 0 spiro atoms. The number of halogens is 1. The van der Waals surface area contributed by atoms with E-state index < -0.39 is 17.9 Å². The van der Waals surface area contributed by atoms with Gasteiger partial charge >= 0.3 is 5.97 Å². The SMILES string of the molecule is O=C(O)C1CCN(c2ccccc2)C1c1ccccc1F. The average molecular weight is 285 g/mol. The van der Waals surface area contributed by atoms with E-state index in [4.69, 9.17) is 0 Å². The first-order valence-corrected chi connectivity index (χ1v) is 6.97. The van der Waals surface area contributed by atoms with E-state index >= 15 is 0 Å². The highest BCUT2D eigenvalue weighted by atomic mass is 19.1. The Kier molecular flexibility index (Phi) is 3.60. The van der Waals surface area contributed by atoms with E-state index in [0.717, 1.165) is 5.69 Å². The van der Waals surface area contributed by atoms with Crippen molar-refractivity contribution in [3.8, 4) is 0 Å². The zero-order chi connectivity index (χ0) is 14.8. The molecule has 1 fully saturated rings. The van der Waals surface area contributed by atoms with E-state index in [1.807, 2.05) is 35.2 Å². The number of para-hydroxylation sites is 1. The fourth-order valence-electron chi connectivity index (χ4n) is 3.06. The molecule has 2 atom stereocenters. The molecule has 3 rings (SSSR count). The number of rotatable bonds is 3. The smallest absolute Gasteiger partial charge is 0.309 e. The van der Waals surface area contributed by atoms with Crippen molar-refractivity contribution in [1.29, 1.82) is 0 Å². The molecule has 2 unspecified atom stereocenters. The number of carboxylic acids is 1. The Labute approximate surface area is 122 Å². The van der Waals surface area contributed by atoms with Crippen LogP contribution >= 0.6 is 0 Å². The number of benzene rings is 2. The number of aliphatic carboxylic acids is 1. The summed E-state index contributed by atoms with van der Waals surface area (Å²) in [5, 5.41) is 9.45. The van der Waals surface area contributed by atoms with Gasteiger partial charge < -0.3 is 10.0 Å². The molecule has 0 bridgehead atoms. The van der Waals surface area contributed by atoms with Crippen LogP contribution in [-0.2, 0) is 4.79 Å². The maximum absolute atomic E-state index is 14.1. The third kappa shape index (κ3) is 2.49. The summed E-state index contributed by atoms with van der Waals surface area (Å²) in [5.74, 6) is -1.82. The molecule has 0 amide bonds. The second-order valence-corrected chi connectivity index (χ2v) is 5.23. The third-order valence-corrected chi connectivity index (χ3v) is 4.03. The van der Waals surface area contributed by atoms with Crippen molar-refractivity contribution in [1.82, 2.24) is 0 Å². The predicted molar refractivity (Wildman–Crippen MR) is 78.7 cm³/mol.